The third-order valence-electron chi connectivity index (χ3n) is 16.3. The molecular weight excluding hydrogens is 582 g/mol. The number of rotatable bonds is 4. The fourth-order valence-electron chi connectivity index (χ4n) is 13.8. The molecule has 1 heterocycles. The zero-order valence-corrected chi connectivity index (χ0v) is 29.9. The molecule has 5 heteroatoms. The Labute approximate surface area is 283 Å². The van der Waals surface area contributed by atoms with Crippen LogP contribution in [-0.4, -0.2) is 46.2 Å². The number of nitrogens with zero attached hydrogens (tertiary/aromatic N) is 1. The van der Waals surface area contributed by atoms with E-state index in [0.29, 0.717) is 67.0 Å². The van der Waals surface area contributed by atoms with Gasteiger partial charge in [0, 0.05) is 13.1 Å². The van der Waals surface area contributed by atoms with Crippen molar-refractivity contribution in [1.82, 2.24) is 4.90 Å². The van der Waals surface area contributed by atoms with Gasteiger partial charge in [0.2, 0.25) is 5.91 Å². The van der Waals surface area contributed by atoms with Crippen LogP contribution in [0.5, 0.6) is 0 Å². The first-order valence-electron chi connectivity index (χ1n) is 18.8. The molecule has 9 unspecified atom stereocenters. The van der Waals surface area contributed by atoms with Crippen molar-refractivity contribution in [1.29, 1.82) is 0 Å². The maximum absolute atomic E-state index is 14.7. The number of carboxylic acid groups (broad SMARTS) is 1. The average Bonchev–Trinajstić information content (AvgIpc) is 3.42. The van der Waals surface area contributed by atoms with E-state index in [0.717, 1.165) is 37.7 Å². The van der Waals surface area contributed by atoms with Gasteiger partial charge < -0.3 is 15.1 Å². The van der Waals surface area contributed by atoms with E-state index in [1.165, 1.54) is 36.8 Å². The minimum Gasteiger partial charge on any atom is -0.478 e. The summed E-state index contributed by atoms with van der Waals surface area (Å²) in [6.45, 7) is 20.9. The Kier molecular flexibility index (Phi) is 7.79. The molecule has 1 saturated heterocycles. The number of carbonyl (C=O) groups is 2. The lowest BCUT2D eigenvalue weighted by atomic mass is 9.32. The Bertz CT molecular complexity index is 1480. The molecule has 7 rings (SSSR count). The lowest BCUT2D eigenvalue weighted by molar-refractivity contribution is -0.226. The first-order chi connectivity index (χ1) is 22.1. The molecule has 47 heavy (non-hydrogen) atoms. The number of hydrogen-bond acceptors (Lipinski definition) is 3. The van der Waals surface area contributed by atoms with Crippen molar-refractivity contribution in [3.05, 3.63) is 53.6 Å². The number of aliphatic hydroxyl groups excluding tert-OH is 1. The van der Waals surface area contributed by atoms with Gasteiger partial charge in [-0.15, -0.1) is 0 Å². The van der Waals surface area contributed by atoms with E-state index in [-0.39, 0.29) is 33.2 Å². The minimum atomic E-state index is -0.875. The van der Waals surface area contributed by atoms with Crippen LogP contribution < -0.4 is 0 Å². The highest BCUT2D eigenvalue weighted by molar-refractivity contribution is 5.88. The van der Waals surface area contributed by atoms with Crippen LogP contribution in [0.4, 0.5) is 0 Å². The second kappa shape index (κ2) is 11.1. The van der Waals surface area contributed by atoms with Crippen molar-refractivity contribution in [2.45, 2.75) is 118 Å². The molecule has 1 aromatic carbocycles. The van der Waals surface area contributed by atoms with Gasteiger partial charge in [0.15, 0.2) is 0 Å². The maximum atomic E-state index is 14.7. The highest BCUT2D eigenvalue weighted by Gasteiger charge is 2.71. The zero-order valence-electron chi connectivity index (χ0n) is 29.9. The fraction of sp³-hybridized carbons (Fsp3) is 0.714. The summed E-state index contributed by atoms with van der Waals surface area (Å²) >= 11 is 0. The highest BCUT2D eigenvalue weighted by atomic mass is 16.4. The Morgan fingerprint density at radius 1 is 0.830 bits per heavy atom. The summed E-state index contributed by atoms with van der Waals surface area (Å²) in [6, 6.07) is 7.54. The van der Waals surface area contributed by atoms with Gasteiger partial charge in [-0.2, -0.15) is 0 Å². The number of carbonyl (C=O) groups excluding carboxylic acids is 1. The zero-order chi connectivity index (χ0) is 33.7. The molecule has 256 valence electrons. The second-order valence-corrected chi connectivity index (χ2v) is 18.3. The molecule has 0 bridgehead atoms. The first kappa shape index (κ1) is 33.1. The van der Waals surface area contributed by atoms with E-state index in [2.05, 4.69) is 59.1 Å². The third kappa shape index (κ3) is 4.56. The van der Waals surface area contributed by atoms with Crippen LogP contribution in [-0.2, 0) is 4.79 Å². The quantitative estimate of drug-likeness (QED) is 0.322. The number of allylic oxidation sites excluding steroid dienone is 3. The van der Waals surface area contributed by atoms with Crippen LogP contribution in [0.3, 0.4) is 0 Å². The van der Waals surface area contributed by atoms with Gasteiger partial charge in [0.05, 0.1) is 17.1 Å². The molecular formula is C42H59NO4. The Morgan fingerprint density at radius 2 is 1.51 bits per heavy atom. The monoisotopic (exact) mass is 641 g/mol. The number of amides is 1. The van der Waals surface area contributed by atoms with Gasteiger partial charge in [-0.05, 0) is 152 Å². The number of piperidine rings is 1. The van der Waals surface area contributed by atoms with Gasteiger partial charge in [-0.1, -0.05) is 65.0 Å². The molecule has 4 saturated carbocycles. The largest absolute Gasteiger partial charge is 0.478 e. The number of benzene rings is 1. The molecule has 9 atom stereocenters. The fourth-order valence-corrected chi connectivity index (χ4v) is 13.8. The van der Waals surface area contributed by atoms with Crippen molar-refractivity contribution in [2.75, 3.05) is 13.1 Å². The van der Waals surface area contributed by atoms with Crippen molar-refractivity contribution in [3.63, 3.8) is 0 Å². The van der Waals surface area contributed by atoms with Gasteiger partial charge in [0.1, 0.15) is 0 Å². The van der Waals surface area contributed by atoms with E-state index < -0.39 is 5.97 Å². The van der Waals surface area contributed by atoms with E-state index in [1.54, 1.807) is 12.1 Å². The van der Waals surface area contributed by atoms with Crippen molar-refractivity contribution < 1.29 is 19.8 Å². The van der Waals surface area contributed by atoms with E-state index >= 15 is 0 Å². The Morgan fingerprint density at radius 3 is 2.15 bits per heavy atom. The van der Waals surface area contributed by atoms with Crippen LogP contribution in [0, 0.1) is 56.7 Å². The summed E-state index contributed by atoms with van der Waals surface area (Å²) in [7, 11) is 0. The predicted octanol–water partition coefficient (Wildman–Crippen LogP) is 9.02. The molecule has 5 aliphatic carbocycles. The van der Waals surface area contributed by atoms with Gasteiger partial charge in [0.25, 0.3) is 0 Å². The Hall–Kier alpha value is -2.40. The molecule has 1 amide bonds. The van der Waals surface area contributed by atoms with Gasteiger partial charge in [-0.3, -0.25) is 4.79 Å². The molecule has 6 aliphatic rings. The van der Waals surface area contributed by atoms with Crippen LogP contribution in [0.25, 0.3) is 5.57 Å². The van der Waals surface area contributed by atoms with E-state index in [1.807, 2.05) is 12.1 Å². The number of aliphatic hydroxyl groups is 1. The van der Waals surface area contributed by atoms with Crippen molar-refractivity contribution in [2.24, 2.45) is 56.7 Å². The SMILES string of the molecule is C=C(C)C1CCC2(C(=O)N3CCC(O)CC3)CCC3(C)C(CCC4C5(C)CC=C(c6ccc(C(=O)O)cc6)C(C)(C)C5CCC43C)C12. The maximum Gasteiger partial charge on any atom is 0.335 e. The van der Waals surface area contributed by atoms with E-state index in [9.17, 15) is 19.8 Å². The molecule has 0 spiro atoms. The Balaban J connectivity index is 1.22. The number of fused-ring (bicyclic) bond motifs is 7. The lowest BCUT2D eigenvalue weighted by Crippen LogP contribution is -2.66. The van der Waals surface area contributed by atoms with Crippen LogP contribution >= 0.6 is 0 Å². The molecule has 2 N–H and O–H groups in total. The van der Waals surface area contributed by atoms with Crippen LogP contribution in [0.15, 0.2) is 42.5 Å². The van der Waals surface area contributed by atoms with Crippen molar-refractivity contribution >= 4 is 17.4 Å². The molecule has 1 aromatic rings. The molecule has 0 radical (unpaired) electrons. The summed E-state index contributed by atoms with van der Waals surface area (Å²) in [4.78, 5) is 28.3. The number of aromatic carboxylic acids is 1. The number of hydrogen-bond donors (Lipinski definition) is 2. The molecule has 0 aromatic heterocycles. The summed E-state index contributed by atoms with van der Waals surface area (Å²) in [5, 5.41) is 19.7. The molecule has 5 nitrogen and oxygen atoms in total. The van der Waals surface area contributed by atoms with Gasteiger partial charge >= 0.3 is 5.97 Å². The lowest BCUT2D eigenvalue weighted by Gasteiger charge is -2.72. The third-order valence-corrected chi connectivity index (χ3v) is 16.3. The minimum absolute atomic E-state index is 0.0104. The smallest absolute Gasteiger partial charge is 0.335 e. The number of likely N-dealkylation sites (tertiary alicyclic amines) is 1. The van der Waals surface area contributed by atoms with Gasteiger partial charge in [-0.25, -0.2) is 4.79 Å². The van der Waals surface area contributed by atoms with E-state index in [4.69, 9.17) is 0 Å². The predicted molar refractivity (Wildman–Crippen MR) is 188 cm³/mol. The second-order valence-electron chi connectivity index (χ2n) is 18.3. The van der Waals surface area contributed by atoms with Crippen LogP contribution in [0.1, 0.15) is 128 Å². The summed E-state index contributed by atoms with van der Waals surface area (Å²) in [6.07, 6.45) is 13.8. The molecule has 5 fully saturated rings. The number of carboxylic acids is 1. The first-order valence-corrected chi connectivity index (χ1v) is 18.8. The normalized spacial score (nSPS) is 42.7. The standard InChI is InChI=1S/C42H59NO4/c1-26(2)30-14-21-42(37(47)43-24-17-29(44)18-25-43)23-22-40(6)32(35(30)42)12-13-34-39(5)19-15-31(27-8-10-28(11-9-27)36(45)46)38(3,4)33(39)16-20-41(34,40)7/h8-11,15,29-30,32-35,44H,1,12-14,16-25H2,2-7H3,(H,45,46). The average molecular weight is 642 g/mol. The summed E-state index contributed by atoms with van der Waals surface area (Å²) in [5.41, 5.74) is 4.44. The summed E-state index contributed by atoms with van der Waals surface area (Å²) in [5.74, 6) is 2.00. The summed E-state index contributed by atoms with van der Waals surface area (Å²) < 4.78 is 0. The topological polar surface area (TPSA) is 77.8 Å². The highest BCUT2D eigenvalue weighted by Crippen LogP contribution is 2.78. The molecule has 1 aliphatic heterocycles. The van der Waals surface area contributed by atoms with Crippen LogP contribution in [0.2, 0.25) is 0 Å². The van der Waals surface area contributed by atoms with Crippen molar-refractivity contribution in [3.8, 4) is 0 Å².